The molecule has 1 amide bonds. The van der Waals surface area contributed by atoms with Crippen molar-refractivity contribution in [3.05, 3.63) is 34.4 Å². The fraction of sp³-hybridized carbons (Fsp3) is 0. The first kappa shape index (κ1) is 11.1. The van der Waals surface area contributed by atoms with E-state index < -0.39 is 20.0 Å². The third-order valence-corrected chi connectivity index (χ3v) is 3.05. The number of carbonyl (C=O) groups is 1. The van der Waals surface area contributed by atoms with E-state index in [0.29, 0.717) is 0 Å². The van der Waals surface area contributed by atoms with Crippen LogP contribution in [0.25, 0.3) is 0 Å². The lowest BCUT2D eigenvalue weighted by Crippen LogP contribution is -2.21. The quantitative estimate of drug-likeness (QED) is 0.583. The number of nitro benzene ring substituents is 1. The molecule has 0 aliphatic rings. The van der Waals surface area contributed by atoms with Crippen molar-refractivity contribution in [3.8, 4) is 0 Å². The number of nitrogens with zero attached hydrogens (tertiary/aromatic N) is 1. The Morgan fingerprint density at radius 1 is 1.27 bits per heavy atom. The van der Waals surface area contributed by atoms with E-state index in [1.165, 1.54) is 0 Å². The van der Waals surface area contributed by atoms with Crippen LogP contribution in [0.2, 0.25) is 0 Å². The molecular formula is C7H6N2O5S. The van der Waals surface area contributed by atoms with E-state index in [0.717, 1.165) is 24.3 Å². The summed E-state index contributed by atoms with van der Waals surface area (Å²) in [7, 11) is -4.20. The van der Waals surface area contributed by atoms with Crippen molar-refractivity contribution in [2.45, 2.75) is 4.90 Å². The van der Waals surface area contributed by atoms with Gasteiger partial charge in [0, 0.05) is 12.1 Å². The summed E-state index contributed by atoms with van der Waals surface area (Å²) in [6.45, 7) is 0. The van der Waals surface area contributed by atoms with E-state index in [9.17, 15) is 23.3 Å². The van der Waals surface area contributed by atoms with Crippen molar-refractivity contribution in [1.29, 1.82) is 0 Å². The minimum atomic E-state index is -4.20. The van der Waals surface area contributed by atoms with Gasteiger partial charge in [-0.05, 0) is 12.1 Å². The molecule has 15 heavy (non-hydrogen) atoms. The van der Waals surface area contributed by atoms with E-state index in [2.05, 4.69) is 5.73 Å². The largest absolute Gasteiger partial charge is 0.356 e. The fourth-order valence-electron chi connectivity index (χ4n) is 0.863. The van der Waals surface area contributed by atoms with Gasteiger partial charge in [0.05, 0.1) is 9.82 Å². The first-order valence-corrected chi connectivity index (χ1v) is 5.13. The topological polar surface area (TPSA) is 120 Å². The van der Waals surface area contributed by atoms with Gasteiger partial charge in [0.2, 0.25) is 0 Å². The molecule has 0 fully saturated rings. The molecule has 1 rings (SSSR count). The number of primary amides is 1. The Morgan fingerprint density at radius 3 is 2.07 bits per heavy atom. The number of hydrogen-bond donors (Lipinski definition) is 1. The number of rotatable bonds is 2. The molecule has 0 heterocycles. The van der Waals surface area contributed by atoms with Crippen molar-refractivity contribution in [1.82, 2.24) is 0 Å². The van der Waals surface area contributed by atoms with Crippen LogP contribution in [0.1, 0.15) is 0 Å². The Morgan fingerprint density at radius 2 is 1.73 bits per heavy atom. The van der Waals surface area contributed by atoms with Gasteiger partial charge < -0.3 is 5.73 Å². The summed E-state index contributed by atoms with van der Waals surface area (Å²) in [6, 6.07) is 3.88. The normalized spacial score (nSPS) is 10.9. The SMILES string of the molecule is NC(=O)S(=O)(=O)c1ccc([N+](=O)[O-])cc1. The van der Waals surface area contributed by atoms with Gasteiger partial charge in [-0.25, -0.2) is 8.42 Å². The average molecular weight is 230 g/mol. The Kier molecular flexibility index (Phi) is 2.71. The molecule has 0 radical (unpaired) electrons. The first-order chi connectivity index (χ1) is 6.85. The fourth-order valence-corrected chi connectivity index (χ4v) is 1.59. The average Bonchev–Trinajstić information content (AvgIpc) is 2.17. The molecule has 8 heteroatoms. The van der Waals surface area contributed by atoms with E-state index >= 15 is 0 Å². The maximum absolute atomic E-state index is 11.2. The molecule has 0 saturated carbocycles. The monoisotopic (exact) mass is 230 g/mol. The number of nitro groups is 1. The number of sulfone groups is 1. The zero-order chi connectivity index (χ0) is 11.6. The summed E-state index contributed by atoms with van der Waals surface area (Å²) in [5.74, 6) is 0. The Bertz CT molecular complexity index is 505. The molecule has 0 spiro atoms. The summed E-state index contributed by atoms with van der Waals surface area (Å²) < 4.78 is 22.3. The zero-order valence-electron chi connectivity index (χ0n) is 7.28. The number of benzene rings is 1. The highest BCUT2D eigenvalue weighted by molar-refractivity contribution is 8.06. The Labute approximate surface area is 84.6 Å². The molecule has 2 N–H and O–H groups in total. The summed E-state index contributed by atoms with van der Waals surface area (Å²) >= 11 is 0. The van der Waals surface area contributed by atoms with Gasteiger partial charge in [0.25, 0.3) is 15.5 Å². The molecule has 0 saturated heterocycles. The maximum atomic E-state index is 11.2. The molecular weight excluding hydrogens is 224 g/mol. The van der Waals surface area contributed by atoms with Crippen LogP contribution in [0, 0.1) is 10.1 Å². The number of non-ortho nitro benzene ring substituents is 1. The van der Waals surface area contributed by atoms with Crippen molar-refractivity contribution in [3.63, 3.8) is 0 Å². The molecule has 0 atom stereocenters. The van der Waals surface area contributed by atoms with E-state index in [1.54, 1.807) is 0 Å². The molecule has 7 nitrogen and oxygen atoms in total. The molecule has 0 aliphatic heterocycles. The molecule has 0 unspecified atom stereocenters. The standard InChI is InChI=1S/C7H6N2O5S/c8-7(10)15(13,14)6-3-1-5(2-4-6)9(11)12/h1-4H,(H2,8,10). The summed E-state index contributed by atoms with van der Waals surface area (Å²) in [4.78, 5) is 19.8. The number of carbonyl (C=O) groups excluding carboxylic acids is 1. The van der Waals surface area contributed by atoms with Crippen LogP contribution in [0.5, 0.6) is 0 Å². The second-order valence-corrected chi connectivity index (χ2v) is 4.45. The van der Waals surface area contributed by atoms with E-state index in [1.807, 2.05) is 0 Å². The Balaban J connectivity index is 3.21. The van der Waals surface area contributed by atoms with Gasteiger partial charge in [0.1, 0.15) is 0 Å². The van der Waals surface area contributed by atoms with Gasteiger partial charge in [-0.3, -0.25) is 14.9 Å². The minimum Gasteiger partial charge on any atom is -0.356 e. The van der Waals surface area contributed by atoms with Gasteiger partial charge >= 0.3 is 5.24 Å². The predicted molar refractivity (Wildman–Crippen MR) is 49.9 cm³/mol. The molecule has 0 aliphatic carbocycles. The van der Waals surface area contributed by atoms with E-state index in [4.69, 9.17) is 0 Å². The van der Waals surface area contributed by atoms with Crippen LogP contribution in [-0.4, -0.2) is 18.6 Å². The summed E-state index contributed by atoms with van der Waals surface area (Å²) in [5.41, 5.74) is 4.37. The van der Waals surface area contributed by atoms with Crippen molar-refractivity contribution in [2.24, 2.45) is 5.73 Å². The molecule has 0 bridgehead atoms. The highest BCUT2D eigenvalue weighted by atomic mass is 32.2. The molecule has 1 aromatic carbocycles. The van der Waals surface area contributed by atoms with Gasteiger partial charge in [-0.15, -0.1) is 0 Å². The van der Waals surface area contributed by atoms with Crippen LogP contribution in [0.15, 0.2) is 29.2 Å². The Hall–Kier alpha value is -1.96. The molecule has 1 aromatic rings. The van der Waals surface area contributed by atoms with Crippen molar-refractivity contribution < 1.29 is 18.1 Å². The zero-order valence-corrected chi connectivity index (χ0v) is 8.10. The first-order valence-electron chi connectivity index (χ1n) is 3.64. The van der Waals surface area contributed by atoms with Gasteiger partial charge in [-0.2, -0.15) is 0 Å². The van der Waals surface area contributed by atoms with Crippen LogP contribution < -0.4 is 5.73 Å². The maximum Gasteiger partial charge on any atom is 0.338 e. The van der Waals surface area contributed by atoms with Crippen LogP contribution >= 0.6 is 0 Å². The van der Waals surface area contributed by atoms with Crippen LogP contribution in [0.4, 0.5) is 10.5 Å². The second-order valence-electron chi connectivity index (χ2n) is 2.57. The number of hydrogen-bond acceptors (Lipinski definition) is 5. The highest BCUT2D eigenvalue weighted by Crippen LogP contribution is 2.16. The lowest BCUT2D eigenvalue weighted by atomic mass is 10.3. The molecule has 80 valence electrons. The van der Waals surface area contributed by atoms with E-state index in [-0.39, 0.29) is 10.6 Å². The van der Waals surface area contributed by atoms with Crippen LogP contribution in [0.3, 0.4) is 0 Å². The second kappa shape index (κ2) is 3.65. The predicted octanol–water partition coefficient (Wildman–Crippen LogP) is 0.447. The third-order valence-electron chi connectivity index (χ3n) is 1.62. The molecule has 0 aromatic heterocycles. The van der Waals surface area contributed by atoms with Crippen molar-refractivity contribution in [2.75, 3.05) is 0 Å². The number of amides is 1. The minimum absolute atomic E-state index is 0.265. The number of nitrogens with two attached hydrogens (primary N) is 1. The third kappa shape index (κ3) is 2.10. The van der Waals surface area contributed by atoms with Crippen LogP contribution in [-0.2, 0) is 9.84 Å². The summed E-state index contributed by atoms with van der Waals surface area (Å²) in [5, 5.41) is 8.77. The summed E-state index contributed by atoms with van der Waals surface area (Å²) in [6.07, 6.45) is 0. The van der Waals surface area contributed by atoms with Gasteiger partial charge in [0.15, 0.2) is 0 Å². The lowest BCUT2D eigenvalue weighted by Gasteiger charge is -1.98. The van der Waals surface area contributed by atoms with Gasteiger partial charge in [-0.1, -0.05) is 0 Å². The lowest BCUT2D eigenvalue weighted by molar-refractivity contribution is -0.384. The highest BCUT2D eigenvalue weighted by Gasteiger charge is 2.21. The van der Waals surface area contributed by atoms with Crippen molar-refractivity contribution >= 4 is 20.8 Å². The smallest absolute Gasteiger partial charge is 0.338 e.